The third kappa shape index (κ3) is 1.67. The molecule has 74 valence electrons. The number of hydrogen-bond donors (Lipinski definition) is 1. The summed E-state index contributed by atoms with van der Waals surface area (Å²) in [6, 6.07) is 3.88. The number of aryl methyl sites for hydroxylation is 1. The molecule has 5 heteroatoms. The van der Waals surface area contributed by atoms with Gasteiger partial charge in [-0.15, -0.1) is 0 Å². The summed E-state index contributed by atoms with van der Waals surface area (Å²) in [5, 5.41) is 8.58. The van der Waals surface area contributed by atoms with E-state index in [0.717, 1.165) is 17.9 Å². The van der Waals surface area contributed by atoms with E-state index in [2.05, 4.69) is 10.2 Å². The van der Waals surface area contributed by atoms with Crippen LogP contribution in [0.1, 0.15) is 5.69 Å². The first-order valence-electron chi connectivity index (χ1n) is 4.54. The molecule has 0 aliphatic rings. The lowest BCUT2D eigenvalue weighted by Gasteiger charge is -1.94. The van der Waals surface area contributed by atoms with Gasteiger partial charge in [-0.2, -0.15) is 10.2 Å². The van der Waals surface area contributed by atoms with Crippen LogP contribution in [-0.4, -0.2) is 26.1 Å². The molecule has 0 spiro atoms. The van der Waals surface area contributed by atoms with Crippen molar-refractivity contribution in [2.24, 2.45) is 12.8 Å². The van der Waals surface area contributed by atoms with Gasteiger partial charge in [-0.25, -0.2) is 4.68 Å². The highest BCUT2D eigenvalue weighted by molar-refractivity contribution is 5.19. The van der Waals surface area contributed by atoms with E-state index >= 15 is 0 Å². The van der Waals surface area contributed by atoms with Crippen LogP contribution >= 0.6 is 0 Å². The van der Waals surface area contributed by atoms with Crippen molar-refractivity contribution in [1.29, 1.82) is 0 Å². The SMILES string of the molecule is Cn1ccc(-n2ccc(CCN)n2)n1. The van der Waals surface area contributed by atoms with Gasteiger partial charge >= 0.3 is 0 Å². The highest BCUT2D eigenvalue weighted by Crippen LogP contribution is 2.04. The molecule has 0 aliphatic carbocycles. The average Bonchev–Trinajstić information content (AvgIpc) is 2.74. The Balaban J connectivity index is 2.24. The third-order valence-corrected chi connectivity index (χ3v) is 1.98. The van der Waals surface area contributed by atoms with Crippen molar-refractivity contribution in [3.8, 4) is 5.82 Å². The molecule has 0 unspecified atom stereocenters. The van der Waals surface area contributed by atoms with Gasteiger partial charge in [0.25, 0.3) is 0 Å². The highest BCUT2D eigenvalue weighted by atomic mass is 15.4. The molecule has 14 heavy (non-hydrogen) atoms. The van der Waals surface area contributed by atoms with Crippen LogP contribution in [0.2, 0.25) is 0 Å². The second-order valence-electron chi connectivity index (χ2n) is 3.14. The molecule has 0 amide bonds. The molecule has 0 atom stereocenters. The van der Waals surface area contributed by atoms with Crippen molar-refractivity contribution < 1.29 is 0 Å². The molecule has 2 aromatic rings. The summed E-state index contributed by atoms with van der Waals surface area (Å²) in [5.74, 6) is 0.829. The molecular formula is C9H13N5. The van der Waals surface area contributed by atoms with Crippen LogP contribution < -0.4 is 5.73 Å². The molecule has 0 radical (unpaired) electrons. The molecule has 2 aromatic heterocycles. The number of rotatable bonds is 3. The summed E-state index contributed by atoms with van der Waals surface area (Å²) in [4.78, 5) is 0. The Morgan fingerprint density at radius 1 is 1.29 bits per heavy atom. The van der Waals surface area contributed by atoms with E-state index in [4.69, 9.17) is 5.73 Å². The maximum Gasteiger partial charge on any atom is 0.174 e. The molecule has 0 aromatic carbocycles. The molecule has 2 N–H and O–H groups in total. The molecule has 5 nitrogen and oxygen atoms in total. The van der Waals surface area contributed by atoms with Crippen molar-refractivity contribution in [1.82, 2.24) is 19.6 Å². The van der Waals surface area contributed by atoms with Gasteiger partial charge < -0.3 is 5.73 Å². The monoisotopic (exact) mass is 191 g/mol. The predicted octanol–water partition coefficient (Wildman–Crippen LogP) is 0.107. The quantitative estimate of drug-likeness (QED) is 0.748. The van der Waals surface area contributed by atoms with E-state index in [1.165, 1.54) is 0 Å². The maximum atomic E-state index is 5.44. The van der Waals surface area contributed by atoms with Gasteiger partial charge in [0.1, 0.15) is 0 Å². The largest absolute Gasteiger partial charge is 0.330 e. The topological polar surface area (TPSA) is 61.7 Å². The van der Waals surface area contributed by atoms with E-state index < -0.39 is 0 Å². The fourth-order valence-corrected chi connectivity index (χ4v) is 1.30. The van der Waals surface area contributed by atoms with Gasteiger partial charge in [0.05, 0.1) is 5.69 Å². The van der Waals surface area contributed by atoms with Gasteiger partial charge in [0.2, 0.25) is 0 Å². The minimum Gasteiger partial charge on any atom is -0.330 e. The van der Waals surface area contributed by atoms with Crippen LogP contribution in [0, 0.1) is 0 Å². The standard InChI is InChI=1S/C9H13N5/c1-13-6-4-9(12-13)14-7-3-8(11-14)2-5-10/h3-4,6-7H,2,5,10H2,1H3. The van der Waals surface area contributed by atoms with Crippen molar-refractivity contribution in [3.05, 3.63) is 30.2 Å². The van der Waals surface area contributed by atoms with Gasteiger partial charge in [-0.05, 0) is 12.6 Å². The summed E-state index contributed by atoms with van der Waals surface area (Å²) in [6.07, 6.45) is 4.59. The van der Waals surface area contributed by atoms with Crippen LogP contribution in [0.4, 0.5) is 0 Å². The summed E-state index contributed by atoms with van der Waals surface area (Å²) in [5.41, 5.74) is 6.44. The van der Waals surface area contributed by atoms with Crippen LogP contribution in [0.25, 0.3) is 5.82 Å². The number of aromatic nitrogens is 4. The van der Waals surface area contributed by atoms with Crippen molar-refractivity contribution in [3.63, 3.8) is 0 Å². The average molecular weight is 191 g/mol. The summed E-state index contributed by atoms with van der Waals surface area (Å²) >= 11 is 0. The summed E-state index contributed by atoms with van der Waals surface area (Å²) in [7, 11) is 1.88. The molecule has 0 saturated heterocycles. The zero-order valence-corrected chi connectivity index (χ0v) is 8.09. The Kier molecular flexibility index (Phi) is 2.32. The fraction of sp³-hybridized carbons (Fsp3) is 0.333. The molecule has 2 heterocycles. The molecule has 0 fully saturated rings. The molecule has 2 rings (SSSR count). The Labute approximate surface area is 82.1 Å². The Hall–Kier alpha value is -1.62. The first-order valence-corrected chi connectivity index (χ1v) is 4.54. The predicted molar refractivity (Wildman–Crippen MR) is 53.1 cm³/mol. The Morgan fingerprint density at radius 3 is 2.79 bits per heavy atom. The van der Waals surface area contributed by atoms with Crippen molar-refractivity contribution in [2.75, 3.05) is 6.54 Å². The third-order valence-electron chi connectivity index (χ3n) is 1.98. The number of nitrogens with two attached hydrogens (primary N) is 1. The Bertz CT molecular complexity index is 414. The first kappa shape index (κ1) is 8.96. The zero-order chi connectivity index (χ0) is 9.97. The lowest BCUT2D eigenvalue weighted by Crippen LogP contribution is -2.04. The minimum atomic E-state index is 0.624. The normalized spacial score (nSPS) is 10.7. The van der Waals surface area contributed by atoms with Crippen LogP contribution in [-0.2, 0) is 13.5 Å². The second-order valence-corrected chi connectivity index (χ2v) is 3.14. The van der Waals surface area contributed by atoms with Gasteiger partial charge in [0.15, 0.2) is 5.82 Å². The Morgan fingerprint density at radius 2 is 2.14 bits per heavy atom. The van der Waals surface area contributed by atoms with Crippen LogP contribution in [0.15, 0.2) is 24.5 Å². The lowest BCUT2D eigenvalue weighted by molar-refractivity contribution is 0.724. The van der Waals surface area contributed by atoms with Crippen molar-refractivity contribution >= 4 is 0 Å². The number of nitrogens with zero attached hydrogens (tertiary/aromatic N) is 4. The first-order chi connectivity index (χ1) is 6.79. The van der Waals surface area contributed by atoms with E-state index in [0.29, 0.717) is 6.54 Å². The van der Waals surface area contributed by atoms with Crippen molar-refractivity contribution in [2.45, 2.75) is 6.42 Å². The van der Waals surface area contributed by atoms with Gasteiger partial charge in [0, 0.05) is 31.9 Å². The van der Waals surface area contributed by atoms with Gasteiger partial charge in [-0.3, -0.25) is 4.68 Å². The maximum absolute atomic E-state index is 5.44. The zero-order valence-electron chi connectivity index (χ0n) is 8.09. The lowest BCUT2D eigenvalue weighted by atomic mass is 10.3. The van der Waals surface area contributed by atoms with E-state index in [-0.39, 0.29) is 0 Å². The smallest absolute Gasteiger partial charge is 0.174 e. The second kappa shape index (κ2) is 3.63. The number of hydrogen-bond acceptors (Lipinski definition) is 3. The van der Waals surface area contributed by atoms with E-state index in [1.54, 1.807) is 9.36 Å². The highest BCUT2D eigenvalue weighted by Gasteiger charge is 2.02. The molecule has 0 bridgehead atoms. The van der Waals surface area contributed by atoms with E-state index in [1.807, 2.05) is 31.6 Å². The van der Waals surface area contributed by atoms with Crippen LogP contribution in [0.3, 0.4) is 0 Å². The molecule has 0 saturated carbocycles. The summed E-state index contributed by atoms with van der Waals surface area (Å²) < 4.78 is 3.50. The fourth-order valence-electron chi connectivity index (χ4n) is 1.30. The van der Waals surface area contributed by atoms with Crippen LogP contribution in [0.5, 0.6) is 0 Å². The molecule has 0 aliphatic heterocycles. The minimum absolute atomic E-state index is 0.624. The van der Waals surface area contributed by atoms with E-state index in [9.17, 15) is 0 Å². The molecular weight excluding hydrogens is 178 g/mol. The summed E-state index contributed by atoms with van der Waals surface area (Å²) in [6.45, 7) is 0.624. The van der Waals surface area contributed by atoms with Gasteiger partial charge in [-0.1, -0.05) is 0 Å².